The highest BCUT2D eigenvalue weighted by atomic mass is 14.6. The Balaban J connectivity index is 0.00000207. The van der Waals surface area contributed by atoms with Crippen LogP contribution in [0.3, 0.4) is 0 Å². The molecule has 0 saturated heterocycles. The summed E-state index contributed by atoms with van der Waals surface area (Å²) in [5.74, 6) is 11.2. The molecule has 5 rings (SSSR count). The van der Waals surface area contributed by atoms with Crippen LogP contribution in [0.2, 0.25) is 0 Å². The maximum absolute atomic E-state index is 2.97. The van der Waals surface area contributed by atoms with Crippen molar-refractivity contribution in [1.29, 1.82) is 0 Å². The Morgan fingerprint density at radius 2 is 1.33 bits per heavy atom. The second-order valence-electron chi connectivity index (χ2n) is 16.7. The fraction of sp³-hybridized carbons (Fsp3) is 0.953. The second kappa shape index (κ2) is 16.5. The summed E-state index contributed by atoms with van der Waals surface area (Å²) in [6.45, 7) is 22.5. The molecule has 1 spiro atoms. The van der Waals surface area contributed by atoms with Gasteiger partial charge < -0.3 is 0 Å². The molecule has 5 fully saturated rings. The molecule has 250 valence electrons. The third-order valence-electron chi connectivity index (χ3n) is 15.3. The van der Waals surface area contributed by atoms with Crippen molar-refractivity contribution in [3.05, 3.63) is 11.6 Å². The second-order valence-corrected chi connectivity index (χ2v) is 16.7. The SMILES string of the molecule is CC.CCCC1C(C)CC(C2/C(=C\C3CCCC3)CCC(C)C3(CCCC3C3CCCC3)C(C)C2CC)C(CC)C1CC. The normalized spacial score (nSPS) is 44.0. The number of hydrogen-bond donors (Lipinski definition) is 0. The van der Waals surface area contributed by atoms with E-state index in [1.165, 1.54) is 96.3 Å². The van der Waals surface area contributed by atoms with Gasteiger partial charge in [-0.2, -0.15) is 0 Å². The summed E-state index contributed by atoms with van der Waals surface area (Å²) in [4.78, 5) is 0. The summed E-state index contributed by atoms with van der Waals surface area (Å²) in [5.41, 5.74) is 2.61. The van der Waals surface area contributed by atoms with E-state index in [0.717, 1.165) is 71.0 Å². The highest BCUT2D eigenvalue weighted by molar-refractivity contribution is 5.18. The predicted octanol–water partition coefficient (Wildman–Crippen LogP) is 13.9. The molecule has 11 unspecified atom stereocenters. The minimum atomic E-state index is 0.615. The van der Waals surface area contributed by atoms with Crippen LogP contribution in [0.25, 0.3) is 0 Å². The third-order valence-corrected chi connectivity index (χ3v) is 15.3. The van der Waals surface area contributed by atoms with E-state index in [2.05, 4.69) is 54.5 Å². The quantitative estimate of drug-likeness (QED) is 0.245. The lowest BCUT2D eigenvalue weighted by Crippen LogP contribution is -2.50. The van der Waals surface area contributed by atoms with Crippen molar-refractivity contribution in [2.75, 3.05) is 0 Å². The Morgan fingerprint density at radius 3 is 1.93 bits per heavy atom. The highest BCUT2D eigenvalue weighted by Gasteiger charge is 2.57. The Bertz CT molecular complexity index is 825. The van der Waals surface area contributed by atoms with E-state index in [-0.39, 0.29) is 0 Å². The summed E-state index contributed by atoms with van der Waals surface area (Å²) in [7, 11) is 0. The first-order valence-corrected chi connectivity index (χ1v) is 20.6. The van der Waals surface area contributed by atoms with Crippen molar-refractivity contribution in [2.45, 2.75) is 184 Å². The van der Waals surface area contributed by atoms with Gasteiger partial charge in [0.15, 0.2) is 0 Å². The summed E-state index contributed by atoms with van der Waals surface area (Å²) in [6, 6.07) is 0. The highest BCUT2D eigenvalue weighted by Crippen LogP contribution is 2.65. The Kier molecular flexibility index (Phi) is 13.7. The lowest BCUT2D eigenvalue weighted by Gasteiger charge is -2.57. The van der Waals surface area contributed by atoms with E-state index in [9.17, 15) is 0 Å². The van der Waals surface area contributed by atoms with Gasteiger partial charge in [-0.25, -0.2) is 0 Å². The molecule has 0 aromatic heterocycles. The minimum Gasteiger partial charge on any atom is -0.0819 e. The van der Waals surface area contributed by atoms with Crippen LogP contribution in [0.4, 0.5) is 0 Å². The first kappa shape index (κ1) is 35.6. The number of rotatable bonds is 8. The molecule has 5 saturated carbocycles. The van der Waals surface area contributed by atoms with E-state index in [1.54, 1.807) is 25.7 Å². The molecular weight excluding hydrogens is 516 g/mol. The molecule has 5 aliphatic rings. The van der Waals surface area contributed by atoms with Crippen molar-refractivity contribution in [1.82, 2.24) is 0 Å². The summed E-state index contributed by atoms with van der Waals surface area (Å²) in [5, 5.41) is 0. The Labute approximate surface area is 271 Å². The Morgan fingerprint density at radius 1 is 0.698 bits per heavy atom. The van der Waals surface area contributed by atoms with Crippen LogP contribution < -0.4 is 0 Å². The van der Waals surface area contributed by atoms with E-state index >= 15 is 0 Å². The van der Waals surface area contributed by atoms with Gasteiger partial charge in [0, 0.05) is 0 Å². The van der Waals surface area contributed by atoms with Gasteiger partial charge in [-0.3, -0.25) is 0 Å². The fourth-order valence-electron chi connectivity index (χ4n) is 13.7. The van der Waals surface area contributed by atoms with Gasteiger partial charge in [0.1, 0.15) is 0 Å². The molecule has 11 atom stereocenters. The molecule has 0 nitrogen and oxygen atoms in total. The molecule has 5 aliphatic carbocycles. The first-order valence-electron chi connectivity index (χ1n) is 20.6. The first-order chi connectivity index (χ1) is 20.9. The predicted molar refractivity (Wildman–Crippen MR) is 191 cm³/mol. The third kappa shape index (κ3) is 7.04. The van der Waals surface area contributed by atoms with Gasteiger partial charge in [0.2, 0.25) is 0 Å². The van der Waals surface area contributed by atoms with Crippen LogP contribution in [0.15, 0.2) is 11.6 Å². The van der Waals surface area contributed by atoms with E-state index in [4.69, 9.17) is 0 Å². The minimum absolute atomic E-state index is 0.615. The Hall–Kier alpha value is -0.260. The largest absolute Gasteiger partial charge is 0.0819 e. The average Bonchev–Trinajstić information content (AvgIpc) is 3.81. The molecule has 0 N–H and O–H groups in total. The van der Waals surface area contributed by atoms with Crippen molar-refractivity contribution in [2.24, 2.45) is 76.4 Å². The van der Waals surface area contributed by atoms with E-state index in [0.29, 0.717) is 5.41 Å². The molecule has 0 amide bonds. The zero-order chi connectivity index (χ0) is 31.1. The number of allylic oxidation sites excluding steroid dienone is 2. The maximum Gasteiger partial charge on any atom is -0.0141 e. The lowest BCUT2D eigenvalue weighted by molar-refractivity contribution is -0.0670. The van der Waals surface area contributed by atoms with Crippen molar-refractivity contribution in [3.8, 4) is 0 Å². The summed E-state index contributed by atoms with van der Waals surface area (Å²) >= 11 is 0. The van der Waals surface area contributed by atoms with Crippen LogP contribution >= 0.6 is 0 Å². The molecule has 43 heavy (non-hydrogen) atoms. The van der Waals surface area contributed by atoms with Gasteiger partial charge in [-0.1, -0.05) is 151 Å². The summed E-state index contributed by atoms with van der Waals surface area (Å²) in [6.07, 6.45) is 31.1. The zero-order valence-electron chi connectivity index (χ0n) is 30.9. The standard InChI is InChI=1S/C41H72.C2H6/c1-8-17-37-28(5)26-38(36(11-4)35(37)10-3)40-33(27-31-18-12-13-19-31)24-23-29(6)41(30(7)34(40)9-2)25-16-22-39(41)32-20-14-15-21-32;1-2/h27-32,34-40H,8-26H2,1-7H3;1-2H3/b33-27-;. The molecule has 0 aliphatic heterocycles. The molecule has 0 bridgehead atoms. The van der Waals surface area contributed by atoms with Crippen LogP contribution in [-0.2, 0) is 0 Å². The number of hydrogen-bond acceptors (Lipinski definition) is 0. The summed E-state index contributed by atoms with van der Waals surface area (Å²) < 4.78 is 0. The van der Waals surface area contributed by atoms with Gasteiger partial charge in [-0.15, -0.1) is 0 Å². The monoisotopic (exact) mass is 595 g/mol. The van der Waals surface area contributed by atoms with Gasteiger partial charge in [0.05, 0.1) is 0 Å². The molecular formula is C43H78. The van der Waals surface area contributed by atoms with Crippen molar-refractivity contribution >= 4 is 0 Å². The molecule has 0 heterocycles. The molecule has 0 aromatic carbocycles. The zero-order valence-corrected chi connectivity index (χ0v) is 30.9. The maximum atomic E-state index is 2.97. The van der Waals surface area contributed by atoms with Gasteiger partial charge in [0.25, 0.3) is 0 Å². The molecule has 0 heteroatoms. The van der Waals surface area contributed by atoms with E-state index < -0.39 is 0 Å². The van der Waals surface area contributed by atoms with Crippen LogP contribution in [0.5, 0.6) is 0 Å². The molecule has 0 radical (unpaired) electrons. The lowest BCUT2D eigenvalue weighted by atomic mass is 9.47. The van der Waals surface area contributed by atoms with Crippen LogP contribution in [0, 0.1) is 76.4 Å². The fourth-order valence-corrected chi connectivity index (χ4v) is 13.7. The van der Waals surface area contributed by atoms with E-state index in [1.807, 2.05) is 19.4 Å². The van der Waals surface area contributed by atoms with Gasteiger partial charge >= 0.3 is 0 Å². The topological polar surface area (TPSA) is 0 Å². The van der Waals surface area contributed by atoms with Crippen molar-refractivity contribution in [3.63, 3.8) is 0 Å². The average molecular weight is 595 g/mol. The van der Waals surface area contributed by atoms with Gasteiger partial charge in [-0.05, 0) is 121 Å². The molecule has 0 aromatic rings. The van der Waals surface area contributed by atoms with Crippen LogP contribution in [0.1, 0.15) is 184 Å². The van der Waals surface area contributed by atoms with Crippen molar-refractivity contribution < 1.29 is 0 Å². The smallest absolute Gasteiger partial charge is 0.0141 e. The van der Waals surface area contributed by atoms with Crippen LogP contribution in [-0.4, -0.2) is 0 Å².